The molecule has 0 aliphatic heterocycles. The van der Waals surface area contributed by atoms with E-state index < -0.39 is 0 Å². The molecule has 45 heavy (non-hydrogen) atoms. The fourth-order valence-electron chi connectivity index (χ4n) is 6.22. The van der Waals surface area contributed by atoms with E-state index in [1.807, 2.05) is 36.4 Å². The van der Waals surface area contributed by atoms with E-state index in [2.05, 4.69) is 83.3 Å². The minimum Gasteiger partial charge on any atom is -0.206 e. The van der Waals surface area contributed by atoms with E-state index in [1.165, 1.54) is 11.1 Å². The molecule has 0 N–H and O–H groups in total. The Hall–Kier alpha value is -5.26. The van der Waals surface area contributed by atoms with Crippen LogP contribution in [0.25, 0.3) is 77.1 Å². The molecule has 0 radical (unpaired) electrons. The van der Waals surface area contributed by atoms with Gasteiger partial charge >= 0.3 is 0 Å². The molecule has 1 heterocycles. The number of rotatable bonds is 4. The number of aromatic nitrogens is 2. The second-order valence-corrected chi connectivity index (χ2v) is 12.2. The highest BCUT2D eigenvalue weighted by Crippen LogP contribution is 2.39. The molecule has 0 fully saturated rings. The number of halogens is 2. The predicted molar refractivity (Wildman–Crippen MR) is 184 cm³/mol. The lowest BCUT2D eigenvalue weighted by Crippen LogP contribution is -1.92. The normalized spacial score (nSPS) is 11.6. The molecule has 0 aliphatic rings. The van der Waals surface area contributed by atoms with Gasteiger partial charge in [0.05, 0.1) is 11.7 Å². The van der Waals surface area contributed by atoms with Crippen LogP contribution in [0.15, 0.2) is 121 Å². The number of fused-ring (bicyclic) bond motifs is 3. The van der Waals surface area contributed by atoms with E-state index in [-0.39, 0.29) is 11.6 Å². The Morgan fingerprint density at radius 3 is 1.20 bits per heavy atom. The fourth-order valence-corrected chi connectivity index (χ4v) is 6.79. The third-order valence-corrected chi connectivity index (χ3v) is 9.12. The molecule has 216 valence electrons. The van der Waals surface area contributed by atoms with Crippen LogP contribution in [0, 0.1) is 25.5 Å². The Labute approximate surface area is 263 Å². The fraction of sp³-hybridized carbons (Fsp3) is 0.0500. The maximum Gasteiger partial charge on any atom is 0.131 e. The maximum atomic E-state index is 15.7. The van der Waals surface area contributed by atoms with Gasteiger partial charge in [-0.15, -0.1) is 0 Å². The number of hydrogen-bond donors (Lipinski definition) is 0. The average Bonchev–Trinajstić information content (AvgIpc) is 3.55. The third-order valence-electron chi connectivity index (χ3n) is 8.59. The SMILES string of the molecule is Cc1ccc2cc(-c3ccc(-c4ccc(-c5ccc(-c6ccc7cc(C)ccc7c6)cc5F)c5nsnc45)c(F)c3)ccc2c1. The lowest BCUT2D eigenvalue weighted by atomic mass is 9.94. The maximum absolute atomic E-state index is 15.7. The lowest BCUT2D eigenvalue weighted by molar-refractivity contribution is 0.631. The Balaban J connectivity index is 1.14. The molecule has 0 saturated carbocycles. The van der Waals surface area contributed by atoms with Crippen LogP contribution in [0.3, 0.4) is 0 Å². The monoisotopic (exact) mass is 604 g/mol. The van der Waals surface area contributed by atoms with Crippen molar-refractivity contribution in [2.75, 3.05) is 0 Å². The van der Waals surface area contributed by atoms with E-state index in [9.17, 15) is 0 Å². The van der Waals surface area contributed by atoms with E-state index >= 15 is 8.78 Å². The zero-order valence-electron chi connectivity index (χ0n) is 24.6. The highest BCUT2D eigenvalue weighted by Gasteiger charge is 2.19. The van der Waals surface area contributed by atoms with Crippen molar-refractivity contribution in [2.24, 2.45) is 0 Å². The van der Waals surface area contributed by atoms with Gasteiger partial charge in [-0.25, -0.2) is 8.78 Å². The second kappa shape index (κ2) is 10.7. The van der Waals surface area contributed by atoms with E-state index in [0.29, 0.717) is 33.3 Å². The molecule has 2 nitrogen and oxygen atoms in total. The van der Waals surface area contributed by atoms with Crippen molar-refractivity contribution in [3.8, 4) is 44.5 Å². The first-order chi connectivity index (χ1) is 21.9. The minimum atomic E-state index is -0.348. The first-order valence-electron chi connectivity index (χ1n) is 14.8. The summed E-state index contributed by atoms with van der Waals surface area (Å²) in [5, 5.41) is 4.54. The number of nitrogens with zero attached hydrogens (tertiary/aromatic N) is 2. The Kier molecular flexibility index (Phi) is 6.50. The summed E-state index contributed by atoms with van der Waals surface area (Å²) >= 11 is 1.04. The van der Waals surface area contributed by atoms with Gasteiger partial charge < -0.3 is 0 Å². The highest BCUT2D eigenvalue weighted by molar-refractivity contribution is 7.00. The summed E-state index contributed by atoms with van der Waals surface area (Å²) in [6, 6.07) is 39.2. The van der Waals surface area contributed by atoms with E-state index in [4.69, 9.17) is 0 Å². The van der Waals surface area contributed by atoms with Crippen LogP contribution in [0.4, 0.5) is 8.78 Å². The molecule has 0 saturated heterocycles. The van der Waals surface area contributed by atoms with Gasteiger partial charge in [0, 0.05) is 22.3 Å². The zero-order valence-corrected chi connectivity index (χ0v) is 25.4. The molecule has 7 aromatic carbocycles. The molecule has 0 atom stereocenters. The molecular formula is C40H26F2N2S. The largest absolute Gasteiger partial charge is 0.206 e. The van der Waals surface area contributed by atoms with Crippen molar-refractivity contribution < 1.29 is 8.78 Å². The molecular weight excluding hydrogens is 579 g/mol. The number of aryl methyl sites for hydroxylation is 2. The molecule has 8 rings (SSSR count). The van der Waals surface area contributed by atoms with Gasteiger partial charge in [0.25, 0.3) is 0 Å². The summed E-state index contributed by atoms with van der Waals surface area (Å²) in [6.07, 6.45) is 0. The van der Waals surface area contributed by atoms with Crippen LogP contribution in [-0.4, -0.2) is 8.75 Å². The summed E-state index contributed by atoms with van der Waals surface area (Å²) in [5.74, 6) is -0.695. The van der Waals surface area contributed by atoms with Crippen molar-refractivity contribution in [1.82, 2.24) is 8.75 Å². The predicted octanol–water partition coefficient (Wildman–Crippen LogP) is 11.6. The molecule has 8 aromatic rings. The van der Waals surface area contributed by atoms with Crippen molar-refractivity contribution in [3.63, 3.8) is 0 Å². The van der Waals surface area contributed by atoms with Crippen LogP contribution < -0.4 is 0 Å². The molecule has 0 spiro atoms. The van der Waals surface area contributed by atoms with E-state index in [0.717, 1.165) is 55.5 Å². The molecule has 5 heteroatoms. The highest BCUT2D eigenvalue weighted by atomic mass is 32.1. The number of hydrogen-bond acceptors (Lipinski definition) is 3. The summed E-state index contributed by atoms with van der Waals surface area (Å²) in [4.78, 5) is 0. The smallest absolute Gasteiger partial charge is 0.131 e. The van der Waals surface area contributed by atoms with Crippen LogP contribution in [0.2, 0.25) is 0 Å². The van der Waals surface area contributed by atoms with Crippen molar-refractivity contribution >= 4 is 44.3 Å². The van der Waals surface area contributed by atoms with Gasteiger partial charge in [-0.3, -0.25) is 0 Å². The lowest BCUT2D eigenvalue weighted by Gasteiger charge is -2.11. The van der Waals surface area contributed by atoms with Gasteiger partial charge in [-0.1, -0.05) is 108 Å². The summed E-state index contributed by atoms with van der Waals surface area (Å²) in [6.45, 7) is 4.14. The van der Waals surface area contributed by atoms with Crippen LogP contribution >= 0.6 is 11.7 Å². The topological polar surface area (TPSA) is 25.8 Å². The summed E-state index contributed by atoms with van der Waals surface area (Å²) in [7, 11) is 0. The molecule has 1 aromatic heterocycles. The van der Waals surface area contributed by atoms with E-state index in [1.54, 1.807) is 24.3 Å². The first-order valence-corrected chi connectivity index (χ1v) is 15.5. The quantitative estimate of drug-likeness (QED) is 0.200. The zero-order chi connectivity index (χ0) is 30.7. The molecule has 0 bridgehead atoms. The minimum absolute atomic E-state index is 0.348. The third kappa shape index (κ3) is 4.86. The van der Waals surface area contributed by atoms with Crippen LogP contribution in [0.1, 0.15) is 11.1 Å². The van der Waals surface area contributed by atoms with Crippen LogP contribution in [0.5, 0.6) is 0 Å². The van der Waals surface area contributed by atoms with Gasteiger partial charge in [-0.05, 0) is 81.9 Å². The second-order valence-electron chi connectivity index (χ2n) is 11.6. The Bertz CT molecular complexity index is 2270. The Morgan fingerprint density at radius 1 is 0.400 bits per heavy atom. The molecule has 0 unspecified atom stereocenters. The standard InChI is InChI=1S/C40H26F2N2S/c1-23-3-5-27-19-29(9-7-25(27)17-23)31-11-13-33(37(41)21-31)35-15-16-36(40-39(35)43-45-44-40)34-14-12-32(22-38(34)42)30-10-8-26-18-24(2)4-6-28(26)20-30/h3-22H,1-2H3. The van der Waals surface area contributed by atoms with Crippen molar-refractivity contribution in [3.05, 3.63) is 144 Å². The summed E-state index contributed by atoms with van der Waals surface area (Å²) < 4.78 is 40.5. The van der Waals surface area contributed by atoms with Gasteiger partial charge in [-0.2, -0.15) is 8.75 Å². The van der Waals surface area contributed by atoms with Gasteiger partial charge in [0.2, 0.25) is 0 Å². The molecule has 0 amide bonds. The van der Waals surface area contributed by atoms with Crippen molar-refractivity contribution in [2.45, 2.75) is 13.8 Å². The first kappa shape index (κ1) is 27.3. The average molecular weight is 605 g/mol. The summed E-state index contributed by atoms with van der Waals surface area (Å²) in [5.41, 5.74) is 9.13. The van der Waals surface area contributed by atoms with Crippen molar-refractivity contribution in [1.29, 1.82) is 0 Å². The molecule has 0 aliphatic carbocycles. The van der Waals surface area contributed by atoms with Crippen LogP contribution in [-0.2, 0) is 0 Å². The van der Waals surface area contributed by atoms with Gasteiger partial charge in [0.1, 0.15) is 22.7 Å². The number of benzene rings is 7. The Morgan fingerprint density at radius 2 is 0.756 bits per heavy atom. The van der Waals surface area contributed by atoms with Gasteiger partial charge in [0.15, 0.2) is 0 Å².